The highest BCUT2D eigenvalue weighted by Gasteiger charge is 2.13. The largest absolute Gasteiger partial charge is 0.489 e. The summed E-state index contributed by atoms with van der Waals surface area (Å²) in [4.78, 5) is 12.0. The molecule has 0 saturated heterocycles. The normalized spacial score (nSPS) is 11.8. The lowest BCUT2D eigenvalue weighted by Gasteiger charge is -2.12. The molecule has 1 N–H and O–H groups in total. The van der Waals surface area contributed by atoms with E-state index in [4.69, 9.17) is 9.47 Å². The van der Waals surface area contributed by atoms with Gasteiger partial charge in [0.25, 0.3) is 5.91 Å². The highest BCUT2D eigenvalue weighted by molar-refractivity contribution is 5.84. The molecule has 29 heavy (non-hydrogen) atoms. The van der Waals surface area contributed by atoms with E-state index in [1.165, 1.54) is 18.3 Å². The average Bonchev–Trinajstić information content (AvgIpc) is 2.75. The Morgan fingerprint density at radius 2 is 1.69 bits per heavy atom. The predicted molar refractivity (Wildman–Crippen MR) is 109 cm³/mol. The van der Waals surface area contributed by atoms with Crippen LogP contribution in [0.25, 0.3) is 0 Å². The van der Waals surface area contributed by atoms with Gasteiger partial charge < -0.3 is 9.47 Å². The number of nitrogens with zero attached hydrogens (tertiary/aromatic N) is 1. The Kier molecular flexibility index (Phi) is 6.95. The van der Waals surface area contributed by atoms with Gasteiger partial charge in [-0.25, -0.2) is 9.82 Å². The van der Waals surface area contributed by atoms with Crippen molar-refractivity contribution in [3.05, 3.63) is 95.8 Å². The Bertz CT molecular complexity index is 942. The number of hydrazone groups is 1. The summed E-state index contributed by atoms with van der Waals surface area (Å²) in [6.07, 6.45) is 0.869. The van der Waals surface area contributed by atoms with Gasteiger partial charge in [0.05, 0.1) is 6.21 Å². The van der Waals surface area contributed by atoms with Gasteiger partial charge in [0.2, 0.25) is 0 Å². The fraction of sp³-hybridized carbons (Fsp3) is 0.130. The van der Waals surface area contributed by atoms with Crippen LogP contribution in [0, 0.1) is 5.82 Å². The van der Waals surface area contributed by atoms with Crippen LogP contribution in [-0.2, 0) is 11.4 Å². The summed E-state index contributed by atoms with van der Waals surface area (Å²) in [6, 6.07) is 22.5. The quantitative estimate of drug-likeness (QED) is 0.459. The second-order valence-electron chi connectivity index (χ2n) is 6.29. The molecule has 0 radical (unpaired) electrons. The Morgan fingerprint density at radius 3 is 2.38 bits per heavy atom. The van der Waals surface area contributed by atoms with Crippen molar-refractivity contribution in [3.8, 4) is 11.5 Å². The molecule has 0 heterocycles. The van der Waals surface area contributed by atoms with Crippen LogP contribution in [0.5, 0.6) is 11.5 Å². The number of hydrogen-bond acceptors (Lipinski definition) is 4. The number of carbonyl (C=O) groups excluding carboxylic acids is 1. The van der Waals surface area contributed by atoms with E-state index in [9.17, 15) is 9.18 Å². The monoisotopic (exact) mass is 392 g/mol. The van der Waals surface area contributed by atoms with Gasteiger partial charge in [0.15, 0.2) is 6.10 Å². The zero-order valence-electron chi connectivity index (χ0n) is 15.9. The summed E-state index contributed by atoms with van der Waals surface area (Å²) in [5.41, 5.74) is 4.14. The molecule has 3 aromatic carbocycles. The number of carbonyl (C=O) groups is 1. The predicted octanol–water partition coefficient (Wildman–Crippen LogP) is 4.32. The minimum atomic E-state index is -0.670. The third-order valence-corrected chi connectivity index (χ3v) is 4.01. The molecule has 0 aromatic heterocycles. The first-order chi connectivity index (χ1) is 14.1. The molecule has 3 rings (SSSR count). The van der Waals surface area contributed by atoms with Gasteiger partial charge in [-0.15, -0.1) is 0 Å². The summed E-state index contributed by atoms with van der Waals surface area (Å²) in [5, 5.41) is 3.95. The molecule has 0 unspecified atom stereocenters. The van der Waals surface area contributed by atoms with Crippen molar-refractivity contribution in [2.75, 3.05) is 0 Å². The van der Waals surface area contributed by atoms with Gasteiger partial charge in [0, 0.05) is 0 Å². The van der Waals surface area contributed by atoms with Crippen molar-refractivity contribution in [2.24, 2.45) is 5.10 Å². The van der Waals surface area contributed by atoms with Crippen LogP contribution in [-0.4, -0.2) is 18.2 Å². The summed E-state index contributed by atoms with van der Waals surface area (Å²) in [5.74, 6) is 0.686. The third kappa shape index (κ3) is 6.46. The molecule has 5 nitrogen and oxygen atoms in total. The highest BCUT2D eigenvalue weighted by Crippen LogP contribution is 2.14. The molecule has 0 fully saturated rings. The molecule has 0 aliphatic rings. The maximum atomic E-state index is 12.9. The van der Waals surface area contributed by atoms with E-state index in [2.05, 4.69) is 10.5 Å². The highest BCUT2D eigenvalue weighted by atomic mass is 19.1. The maximum Gasteiger partial charge on any atom is 0.280 e. The van der Waals surface area contributed by atoms with Gasteiger partial charge in [-0.05, 0) is 66.6 Å². The molecule has 0 aliphatic carbocycles. The summed E-state index contributed by atoms with van der Waals surface area (Å²) in [6.45, 7) is 2.01. The van der Waals surface area contributed by atoms with Crippen molar-refractivity contribution >= 4 is 12.1 Å². The third-order valence-electron chi connectivity index (χ3n) is 4.01. The topological polar surface area (TPSA) is 59.9 Å². The Balaban J connectivity index is 1.45. The van der Waals surface area contributed by atoms with Crippen LogP contribution in [0.3, 0.4) is 0 Å². The van der Waals surface area contributed by atoms with Crippen molar-refractivity contribution in [1.29, 1.82) is 0 Å². The minimum absolute atomic E-state index is 0.273. The molecule has 3 aromatic rings. The van der Waals surface area contributed by atoms with Gasteiger partial charge >= 0.3 is 0 Å². The molecule has 0 spiro atoms. The number of amides is 1. The van der Waals surface area contributed by atoms with Crippen LogP contribution < -0.4 is 14.9 Å². The standard InChI is InChI=1S/C23H21FN2O3/c1-17(29-22-5-3-2-4-6-22)23(27)26-25-15-18-9-13-21(14-10-18)28-16-19-7-11-20(24)12-8-19/h2-15,17H,16H2,1H3,(H,26,27)/b25-15+/t17-/m0/s1. The maximum absolute atomic E-state index is 12.9. The van der Waals surface area contributed by atoms with E-state index in [1.54, 1.807) is 43.3 Å². The zero-order valence-corrected chi connectivity index (χ0v) is 15.9. The van der Waals surface area contributed by atoms with E-state index in [0.29, 0.717) is 18.1 Å². The van der Waals surface area contributed by atoms with E-state index < -0.39 is 6.10 Å². The van der Waals surface area contributed by atoms with Crippen LogP contribution >= 0.6 is 0 Å². The average molecular weight is 392 g/mol. The molecule has 0 bridgehead atoms. The van der Waals surface area contributed by atoms with Crippen molar-refractivity contribution in [1.82, 2.24) is 5.43 Å². The van der Waals surface area contributed by atoms with Crippen molar-refractivity contribution < 1.29 is 18.7 Å². The number of nitrogens with one attached hydrogen (secondary N) is 1. The lowest BCUT2D eigenvalue weighted by Crippen LogP contribution is -2.33. The first-order valence-electron chi connectivity index (χ1n) is 9.12. The zero-order chi connectivity index (χ0) is 20.5. The molecular formula is C23H21FN2O3. The van der Waals surface area contributed by atoms with E-state index in [1.807, 2.05) is 30.3 Å². The van der Waals surface area contributed by atoms with Gasteiger partial charge in [-0.1, -0.05) is 30.3 Å². The number of hydrogen-bond donors (Lipinski definition) is 1. The number of para-hydroxylation sites is 1. The molecule has 148 valence electrons. The fourth-order valence-electron chi connectivity index (χ4n) is 2.42. The molecular weight excluding hydrogens is 371 g/mol. The van der Waals surface area contributed by atoms with Crippen LogP contribution in [0.1, 0.15) is 18.1 Å². The van der Waals surface area contributed by atoms with E-state index in [0.717, 1.165) is 11.1 Å². The van der Waals surface area contributed by atoms with E-state index >= 15 is 0 Å². The second kappa shape index (κ2) is 10.0. The summed E-state index contributed by atoms with van der Waals surface area (Å²) < 4.78 is 24.1. The summed E-state index contributed by atoms with van der Waals surface area (Å²) in [7, 11) is 0. The Morgan fingerprint density at radius 1 is 1.00 bits per heavy atom. The SMILES string of the molecule is C[C@H](Oc1ccccc1)C(=O)N/N=C/c1ccc(OCc2ccc(F)cc2)cc1. The number of benzene rings is 3. The molecule has 0 saturated carbocycles. The Hall–Kier alpha value is -3.67. The van der Waals surface area contributed by atoms with Gasteiger partial charge in [-0.2, -0.15) is 5.10 Å². The lowest BCUT2D eigenvalue weighted by atomic mass is 10.2. The minimum Gasteiger partial charge on any atom is -0.489 e. The van der Waals surface area contributed by atoms with E-state index in [-0.39, 0.29) is 11.7 Å². The fourth-order valence-corrected chi connectivity index (χ4v) is 2.42. The van der Waals surface area contributed by atoms with Gasteiger partial charge in [-0.3, -0.25) is 4.79 Å². The van der Waals surface area contributed by atoms with Crippen molar-refractivity contribution in [3.63, 3.8) is 0 Å². The number of ether oxygens (including phenoxy) is 2. The van der Waals surface area contributed by atoms with Crippen molar-refractivity contribution in [2.45, 2.75) is 19.6 Å². The van der Waals surface area contributed by atoms with Gasteiger partial charge in [0.1, 0.15) is 23.9 Å². The first-order valence-corrected chi connectivity index (χ1v) is 9.12. The Labute approximate surface area is 168 Å². The summed E-state index contributed by atoms with van der Waals surface area (Å²) >= 11 is 0. The first kappa shape index (κ1) is 20.1. The molecule has 1 atom stereocenters. The second-order valence-corrected chi connectivity index (χ2v) is 6.29. The molecule has 6 heteroatoms. The molecule has 1 amide bonds. The number of halogens is 1. The molecule has 0 aliphatic heterocycles. The van der Waals surface area contributed by atoms with Crippen LogP contribution in [0.15, 0.2) is 84.0 Å². The lowest BCUT2D eigenvalue weighted by molar-refractivity contribution is -0.127. The number of rotatable bonds is 8. The van der Waals surface area contributed by atoms with Crippen LogP contribution in [0.2, 0.25) is 0 Å². The van der Waals surface area contributed by atoms with Crippen LogP contribution in [0.4, 0.5) is 4.39 Å². The smallest absolute Gasteiger partial charge is 0.280 e.